The molecule has 1 rings (SSSR count). The minimum atomic E-state index is 0.0552. The van der Waals surface area contributed by atoms with Gasteiger partial charge < -0.3 is 20.5 Å². The molecule has 1 aromatic rings. The minimum absolute atomic E-state index is 0.0552. The van der Waals surface area contributed by atoms with E-state index in [1.165, 1.54) is 0 Å². The second kappa shape index (κ2) is 10.4. The van der Waals surface area contributed by atoms with Gasteiger partial charge in [-0.1, -0.05) is 20.3 Å². The van der Waals surface area contributed by atoms with Gasteiger partial charge in [-0.2, -0.15) is 0 Å². The molecule has 1 aromatic heterocycles. The molecule has 6 nitrogen and oxygen atoms in total. The fraction of sp³-hybridized carbons (Fsp3) is 0.714. The monoisotopic (exact) mass is 282 g/mol. The molecule has 0 radical (unpaired) electrons. The van der Waals surface area contributed by atoms with E-state index in [4.69, 9.17) is 9.84 Å². The second-order valence-electron chi connectivity index (χ2n) is 4.49. The van der Waals surface area contributed by atoms with Crippen molar-refractivity contribution in [3.05, 3.63) is 11.9 Å². The highest BCUT2D eigenvalue weighted by molar-refractivity contribution is 5.57. The Morgan fingerprint density at radius 3 is 2.35 bits per heavy atom. The summed E-state index contributed by atoms with van der Waals surface area (Å²) in [5.74, 6) is 1.79. The Bertz CT molecular complexity index is 374. The number of nitrogens with one attached hydrogen (secondary N) is 2. The lowest BCUT2D eigenvalue weighted by molar-refractivity contribution is 0.0992. The number of aliphatic hydroxyl groups excluding tert-OH is 1. The van der Waals surface area contributed by atoms with Gasteiger partial charge in [0.2, 0.25) is 0 Å². The van der Waals surface area contributed by atoms with Gasteiger partial charge in [-0.15, -0.1) is 0 Å². The molecule has 0 aromatic carbocycles. The van der Waals surface area contributed by atoms with E-state index in [1.54, 1.807) is 6.33 Å². The zero-order chi connectivity index (χ0) is 14.6. The van der Waals surface area contributed by atoms with Crippen LogP contribution in [0.5, 0.6) is 0 Å². The summed E-state index contributed by atoms with van der Waals surface area (Å²) in [6.07, 6.45) is 4.62. The maximum absolute atomic E-state index is 8.64. The molecule has 0 saturated heterocycles. The molecule has 0 bridgehead atoms. The van der Waals surface area contributed by atoms with E-state index in [1.807, 2.05) is 0 Å². The van der Waals surface area contributed by atoms with Crippen LogP contribution >= 0.6 is 0 Å². The number of ether oxygens (including phenoxy) is 1. The van der Waals surface area contributed by atoms with Crippen LogP contribution in [0.15, 0.2) is 6.33 Å². The van der Waals surface area contributed by atoms with E-state index in [-0.39, 0.29) is 6.61 Å². The summed E-state index contributed by atoms with van der Waals surface area (Å²) in [5.41, 5.74) is 1.13. The van der Waals surface area contributed by atoms with Crippen LogP contribution in [0.25, 0.3) is 0 Å². The third kappa shape index (κ3) is 5.71. The molecule has 0 amide bonds. The molecular weight excluding hydrogens is 256 g/mol. The van der Waals surface area contributed by atoms with Crippen LogP contribution in [-0.4, -0.2) is 48.0 Å². The molecule has 20 heavy (non-hydrogen) atoms. The lowest BCUT2D eigenvalue weighted by Gasteiger charge is -2.14. The van der Waals surface area contributed by atoms with Gasteiger partial charge in [0.05, 0.1) is 19.8 Å². The van der Waals surface area contributed by atoms with Gasteiger partial charge in [-0.3, -0.25) is 0 Å². The minimum Gasteiger partial charge on any atom is -0.394 e. The second-order valence-corrected chi connectivity index (χ2v) is 4.49. The van der Waals surface area contributed by atoms with E-state index in [0.29, 0.717) is 19.8 Å². The van der Waals surface area contributed by atoms with Crippen LogP contribution in [0.1, 0.15) is 32.3 Å². The summed E-state index contributed by atoms with van der Waals surface area (Å²) in [7, 11) is 0. The average Bonchev–Trinajstić information content (AvgIpc) is 2.47. The van der Waals surface area contributed by atoms with Gasteiger partial charge in [0, 0.05) is 18.7 Å². The van der Waals surface area contributed by atoms with Gasteiger partial charge in [0.15, 0.2) is 0 Å². The molecule has 0 spiro atoms. The summed E-state index contributed by atoms with van der Waals surface area (Å²) in [4.78, 5) is 8.64. The van der Waals surface area contributed by atoms with Crippen LogP contribution in [0.4, 0.5) is 11.6 Å². The first-order valence-corrected chi connectivity index (χ1v) is 7.33. The van der Waals surface area contributed by atoms with Crippen molar-refractivity contribution in [2.24, 2.45) is 0 Å². The maximum Gasteiger partial charge on any atom is 0.134 e. The largest absolute Gasteiger partial charge is 0.394 e. The summed E-state index contributed by atoms with van der Waals surface area (Å²) < 4.78 is 5.23. The SMILES string of the molecule is CCCNc1ncnc(NCCOCCO)c1CCC. The topological polar surface area (TPSA) is 79.3 Å². The van der Waals surface area contributed by atoms with E-state index in [2.05, 4.69) is 34.4 Å². The summed E-state index contributed by atoms with van der Waals surface area (Å²) in [5, 5.41) is 15.3. The van der Waals surface area contributed by atoms with Crippen molar-refractivity contribution in [1.29, 1.82) is 0 Å². The number of hydrogen-bond donors (Lipinski definition) is 3. The smallest absolute Gasteiger partial charge is 0.134 e. The van der Waals surface area contributed by atoms with E-state index < -0.39 is 0 Å². The summed E-state index contributed by atoms with van der Waals surface area (Å²) in [6.45, 7) is 6.83. The molecule has 114 valence electrons. The zero-order valence-electron chi connectivity index (χ0n) is 12.5. The van der Waals surface area contributed by atoms with Gasteiger partial charge in [0.1, 0.15) is 18.0 Å². The molecule has 0 fully saturated rings. The first-order valence-electron chi connectivity index (χ1n) is 7.33. The fourth-order valence-corrected chi connectivity index (χ4v) is 1.86. The molecule has 1 heterocycles. The number of hydrogen-bond acceptors (Lipinski definition) is 6. The van der Waals surface area contributed by atoms with Crippen molar-refractivity contribution < 1.29 is 9.84 Å². The van der Waals surface area contributed by atoms with Crippen LogP contribution in [0, 0.1) is 0 Å². The predicted octanol–water partition coefficient (Wildman–Crippen LogP) is 1.67. The Kier molecular flexibility index (Phi) is 8.66. The van der Waals surface area contributed by atoms with Crippen molar-refractivity contribution in [2.45, 2.75) is 33.1 Å². The lowest BCUT2D eigenvalue weighted by Crippen LogP contribution is -2.15. The van der Waals surface area contributed by atoms with Crippen LogP contribution < -0.4 is 10.6 Å². The third-order valence-corrected chi connectivity index (χ3v) is 2.76. The first-order chi connectivity index (χ1) is 9.83. The normalized spacial score (nSPS) is 10.6. The highest BCUT2D eigenvalue weighted by Gasteiger charge is 2.09. The fourth-order valence-electron chi connectivity index (χ4n) is 1.86. The Labute approximate surface area is 121 Å². The number of aromatic nitrogens is 2. The number of rotatable bonds is 11. The Morgan fingerprint density at radius 2 is 1.75 bits per heavy atom. The van der Waals surface area contributed by atoms with E-state index in [9.17, 15) is 0 Å². The third-order valence-electron chi connectivity index (χ3n) is 2.76. The van der Waals surface area contributed by atoms with Gasteiger partial charge >= 0.3 is 0 Å². The van der Waals surface area contributed by atoms with Gasteiger partial charge in [-0.25, -0.2) is 9.97 Å². The molecule has 6 heteroatoms. The molecule has 0 unspecified atom stereocenters. The lowest BCUT2D eigenvalue weighted by atomic mass is 10.1. The average molecular weight is 282 g/mol. The molecular formula is C14H26N4O2. The highest BCUT2D eigenvalue weighted by Crippen LogP contribution is 2.21. The molecule has 0 atom stereocenters. The number of nitrogens with zero attached hydrogens (tertiary/aromatic N) is 2. The summed E-state index contributed by atoms with van der Waals surface area (Å²) >= 11 is 0. The van der Waals surface area contributed by atoms with Crippen molar-refractivity contribution in [1.82, 2.24) is 9.97 Å². The van der Waals surface area contributed by atoms with E-state index >= 15 is 0 Å². The first kappa shape index (κ1) is 16.7. The van der Waals surface area contributed by atoms with Crippen molar-refractivity contribution in [3.8, 4) is 0 Å². The molecule has 0 aliphatic heterocycles. The molecule has 0 saturated carbocycles. The van der Waals surface area contributed by atoms with Crippen molar-refractivity contribution in [2.75, 3.05) is 43.5 Å². The van der Waals surface area contributed by atoms with Crippen LogP contribution in [-0.2, 0) is 11.2 Å². The molecule has 3 N–H and O–H groups in total. The van der Waals surface area contributed by atoms with Crippen molar-refractivity contribution in [3.63, 3.8) is 0 Å². The highest BCUT2D eigenvalue weighted by atomic mass is 16.5. The molecule has 0 aliphatic carbocycles. The van der Waals surface area contributed by atoms with Gasteiger partial charge in [-0.05, 0) is 12.8 Å². The standard InChI is InChI=1S/C14H26N4O2/c1-3-5-12-13(15-6-4-2)17-11-18-14(12)16-7-9-20-10-8-19/h11,19H,3-10H2,1-2H3,(H2,15,16,17,18). The Morgan fingerprint density at radius 1 is 1.05 bits per heavy atom. The summed E-state index contributed by atoms with van der Waals surface area (Å²) in [6, 6.07) is 0. The zero-order valence-corrected chi connectivity index (χ0v) is 12.5. The van der Waals surface area contributed by atoms with E-state index in [0.717, 1.165) is 43.0 Å². The molecule has 0 aliphatic rings. The maximum atomic E-state index is 8.64. The predicted molar refractivity (Wildman–Crippen MR) is 81.2 cm³/mol. The van der Waals surface area contributed by atoms with Crippen LogP contribution in [0.3, 0.4) is 0 Å². The Balaban J connectivity index is 2.62. The number of aliphatic hydroxyl groups is 1. The number of anilines is 2. The van der Waals surface area contributed by atoms with Crippen molar-refractivity contribution >= 4 is 11.6 Å². The quantitative estimate of drug-likeness (QED) is 0.536. The van der Waals surface area contributed by atoms with Crippen LogP contribution in [0.2, 0.25) is 0 Å². The van der Waals surface area contributed by atoms with Gasteiger partial charge in [0.25, 0.3) is 0 Å². The Hall–Kier alpha value is -1.40.